The summed E-state index contributed by atoms with van der Waals surface area (Å²) in [6, 6.07) is -0.146. The average Bonchev–Trinajstić information content (AvgIpc) is 3.31. The number of ether oxygens (including phenoxy) is 2. The van der Waals surface area contributed by atoms with Crippen LogP contribution in [0.2, 0.25) is 0 Å². The number of nitrogens with one attached hydrogen (secondary N) is 1. The molecular weight excluding hydrogens is 468 g/mol. The number of rotatable bonds is 24. The van der Waals surface area contributed by atoms with Crippen LogP contribution in [0.15, 0.2) is 0 Å². The maximum Gasteiger partial charge on any atom is 0.222 e. The van der Waals surface area contributed by atoms with Crippen molar-refractivity contribution in [2.45, 2.75) is 147 Å². The Labute approximate surface area is 227 Å². The zero-order chi connectivity index (χ0) is 27.1. The van der Waals surface area contributed by atoms with Gasteiger partial charge in [-0.1, -0.05) is 90.4 Å². The minimum absolute atomic E-state index is 0.0308. The summed E-state index contributed by atoms with van der Waals surface area (Å²) in [6.45, 7) is 3.36. The first kappa shape index (κ1) is 33.8. The molecule has 7 heteroatoms. The van der Waals surface area contributed by atoms with E-state index >= 15 is 0 Å². The molecule has 0 saturated carbocycles. The number of carbonyl (C=O) groups is 2. The van der Waals surface area contributed by atoms with Crippen LogP contribution in [-0.2, 0) is 19.1 Å². The highest BCUT2D eigenvalue weighted by Crippen LogP contribution is 2.22. The fourth-order valence-corrected chi connectivity index (χ4v) is 5.32. The second-order valence-electron chi connectivity index (χ2n) is 10.9. The van der Waals surface area contributed by atoms with Crippen molar-refractivity contribution in [2.75, 3.05) is 34.0 Å². The predicted octanol–water partition coefficient (Wildman–Crippen LogP) is 5.77. The smallest absolute Gasteiger partial charge is 0.222 e. The third-order valence-electron chi connectivity index (χ3n) is 7.67. The van der Waals surface area contributed by atoms with E-state index in [1.54, 1.807) is 14.2 Å². The monoisotopic (exact) mass is 526 g/mol. The highest BCUT2D eigenvalue weighted by atomic mass is 16.5. The molecule has 7 nitrogen and oxygen atoms in total. The molecule has 1 aliphatic rings. The molecule has 2 N–H and O–H groups in total. The van der Waals surface area contributed by atoms with E-state index in [2.05, 4.69) is 12.2 Å². The van der Waals surface area contributed by atoms with E-state index in [0.717, 1.165) is 32.1 Å². The molecule has 0 aromatic rings. The number of aliphatic hydroxyl groups is 1. The van der Waals surface area contributed by atoms with Gasteiger partial charge in [0.05, 0.1) is 31.4 Å². The minimum Gasteiger partial charge on any atom is -0.394 e. The standard InChI is InChI=1S/C30H58N2O5/c1-4-5-6-7-8-9-10-11-12-13-14-15-16-20-29(34)31-26(24-33)19-17-18-21-30(35)32-23-28(37-3)22-27(32)25-36-2/h26-28,33H,4-25H2,1-3H3,(H,31,34)/t26?,27-,28+/m0/s1. The van der Waals surface area contributed by atoms with Crippen molar-refractivity contribution in [1.29, 1.82) is 0 Å². The van der Waals surface area contributed by atoms with Gasteiger partial charge < -0.3 is 24.8 Å². The second-order valence-corrected chi connectivity index (χ2v) is 10.9. The van der Waals surface area contributed by atoms with Crippen LogP contribution in [-0.4, -0.2) is 74.0 Å². The van der Waals surface area contributed by atoms with Gasteiger partial charge in [0.15, 0.2) is 0 Å². The van der Waals surface area contributed by atoms with Gasteiger partial charge in [-0.25, -0.2) is 0 Å². The zero-order valence-corrected chi connectivity index (χ0v) is 24.3. The minimum atomic E-state index is -0.226. The third-order valence-corrected chi connectivity index (χ3v) is 7.67. The Kier molecular flexibility index (Phi) is 20.8. The van der Waals surface area contributed by atoms with Crippen molar-refractivity contribution in [3.8, 4) is 0 Å². The number of likely N-dealkylation sites (tertiary alicyclic amines) is 1. The quantitative estimate of drug-likeness (QED) is 0.156. The number of unbranched alkanes of at least 4 members (excludes halogenated alkanes) is 13. The van der Waals surface area contributed by atoms with Crippen molar-refractivity contribution < 1.29 is 24.2 Å². The Morgan fingerprint density at radius 2 is 1.43 bits per heavy atom. The summed E-state index contributed by atoms with van der Waals surface area (Å²) in [5, 5.41) is 12.6. The van der Waals surface area contributed by atoms with Gasteiger partial charge in [-0.05, 0) is 25.7 Å². The maximum atomic E-state index is 12.7. The molecule has 0 radical (unpaired) electrons. The molecule has 1 fully saturated rings. The Morgan fingerprint density at radius 3 is 1.97 bits per heavy atom. The van der Waals surface area contributed by atoms with Crippen LogP contribution in [0.3, 0.4) is 0 Å². The van der Waals surface area contributed by atoms with E-state index in [-0.39, 0.29) is 36.6 Å². The van der Waals surface area contributed by atoms with Gasteiger partial charge >= 0.3 is 0 Å². The van der Waals surface area contributed by atoms with Crippen LogP contribution in [0.1, 0.15) is 129 Å². The molecule has 218 valence electrons. The maximum absolute atomic E-state index is 12.7. The summed E-state index contributed by atoms with van der Waals surface area (Å²) in [7, 11) is 3.34. The van der Waals surface area contributed by atoms with Crippen molar-refractivity contribution in [1.82, 2.24) is 10.2 Å². The van der Waals surface area contributed by atoms with Crippen LogP contribution in [0, 0.1) is 0 Å². The van der Waals surface area contributed by atoms with Crippen LogP contribution in [0.4, 0.5) is 0 Å². The molecule has 37 heavy (non-hydrogen) atoms. The van der Waals surface area contributed by atoms with Crippen LogP contribution in [0.25, 0.3) is 0 Å². The number of hydrogen-bond acceptors (Lipinski definition) is 5. The molecule has 1 rings (SSSR count). The largest absolute Gasteiger partial charge is 0.394 e. The van der Waals surface area contributed by atoms with Gasteiger partial charge in [0.1, 0.15) is 0 Å². The van der Waals surface area contributed by atoms with E-state index in [0.29, 0.717) is 32.4 Å². The molecule has 1 unspecified atom stereocenters. The molecule has 0 bridgehead atoms. The summed E-state index contributed by atoms with van der Waals surface area (Å²) in [5.41, 5.74) is 0. The number of amides is 2. The van der Waals surface area contributed by atoms with Crippen LogP contribution in [0.5, 0.6) is 0 Å². The average molecular weight is 527 g/mol. The molecule has 3 atom stereocenters. The van der Waals surface area contributed by atoms with Gasteiger partial charge in [0.2, 0.25) is 11.8 Å². The normalized spacial score (nSPS) is 18.3. The molecular formula is C30H58N2O5. The van der Waals surface area contributed by atoms with E-state index in [1.807, 2.05) is 4.90 Å². The first-order chi connectivity index (χ1) is 18.0. The van der Waals surface area contributed by atoms with E-state index in [1.165, 1.54) is 70.6 Å². The Bertz CT molecular complexity index is 574. The van der Waals surface area contributed by atoms with Crippen molar-refractivity contribution in [3.05, 3.63) is 0 Å². The molecule has 0 spiro atoms. The van der Waals surface area contributed by atoms with Gasteiger partial charge in [-0.2, -0.15) is 0 Å². The van der Waals surface area contributed by atoms with Crippen molar-refractivity contribution in [3.63, 3.8) is 0 Å². The van der Waals surface area contributed by atoms with Crippen molar-refractivity contribution in [2.24, 2.45) is 0 Å². The van der Waals surface area contributed by atoms with Crippen LogP contribution < -0.4 is 5.32 Å². The summed E-state index contributed by atoms with van der Waals surface area (Å²) >= 11 is 0. The lowest BCUT2D eigenvalue weighted by Gasteiger charge is -2.24. The number of nitrogens with zero attached hydrogens (tertiary/aromatic N) is 1. The van der Waals surface area contributed by atoms with E-state index in [4.69, 9.17) is 9.47 Å². The van der Waals surface area contributed by atoms with Gasteiger partial charge in [0.25, 0.3) is 0 Å². The fourth-order valence-electron chi connectivity index (χ4n) is 5.32. The lowest BCUT2D eigenvalue weighted by atomic mass is 10.0. The summed E-state index contributed by atoms with van der Waals surface area (Å²) in [6.07, 6.45) is 20.9. The number of aliphatic hydroxyl groups excluding tert-OH is 1. The highest BCUT2D eigenvalue weighted by Gasteiger charge is 2.34. The first-order valence-electron chi connectivity index (χ1n) is 15.3. The molecule has 1 heterocycles. The Hall–Kier alpha value is -1.18. The zero-order valence-electron chi connectivity index (χ0n) is 24.3. The summed E-state index contributed by atoms with van der Waals surface area (Å²) in [5.74, 6) is 0.164. The lowest BCUT2D eigenvalue weighted by Crippen LogP contribution is -2.38. The topological polar surface area (TPSA) is 88.1 Å². The molecule has 2 amide bonds. The molecule has 0 aromatic heterocycles. The van der Waals surface area contributed by atoms with Crippen LogP contribution >= 0.6 is 0 Å². The van der Waals surface area contributed by atoms with Gasteiger partial charge in [0, 0.05) is 33.6 Å². The highest BCUT2D eigenvalue weighted by molar-refractivity contribution is 5.77. The SMILES string of the molecule is CCCCCCCCCCCCCCCC(=O)NC(CO)CCCCC(=O)N1C[C@H](OC)C[C@H]1COC. The number of carbonyl (C=O) groups excluding carboxylic acids is 2. The first-order valence-corrected chi connectivity index (χ1v) is 15.3. The van der Waals surface area contributed by atoms with Gasteiger partial charge in [-0.3, -0.25) is 9.59 Å². The van der Waals surface area contributed by atoms with E-state index in [9.17, 15) is 14.7 Å². The number of methoxy groups -OCH3 is 2. The molecule has 1 saturated heterocycles. The molecule has 0 aromatic carbocycles. The summed E-state index contributed by atoms with van der Waals surface area (Å²) in [4.78, 5) is 26.8. The Balaban J connectivity index is 2.04. The van der Waals surface area contributed by atoms with Crippen molar-refractivity contribution >= 4 is 11.8 Å². The number of hydrogen-bond donors (Lipinski definition) is 2. The molecule has 1 aliphatic heterocycles. The lowest BCUT2D eigenvalue weighted by molar-refractivity contribution is -0.133. The van der Waals surface area contributed by atoms with E-state index < -0.39 is 0 Å². The Morgan fingerprint density at radius 1 is 0.865 bits per heavy atom. The fraction of sp³-hybridized carbons (Fsp3) is 0.933. The second kappa shape index (κ2) is 22.8. The summed E-state index contributed by atoms with van der Waals surface area (Å²) < 4.78 is 10.7. The predicted molar refractivity (Wildman–Crippen MR) is 151 cm³/mol. The third kappa shape index (κ3) is 16.4. The van der Waals surface area contributed by atoms with Gasteiger partial charge in [-0.15, -0.1) is 0 Å². The molecule has 0 aliphatic carbocycles.